The maximum Gasteiger partial charge on any atom is 0.318 e. The van der Waals surface area contributed by atoms with Gasteiger partial charge in [0.15, 0.2) is 0 Å². The Labute approximate surface area is 78.3 Å². The number of halogens is 1. The number of amides is 2. The zero-order valence-electron chi connectivity index (χ0n) is 8.65. The lowest BCUT2D eigenvalue weighted by Gasteiger charge is -2.43. The molecule has 2 amide bonds. The number of nitrogens with one attached hydrogen (secondary N) is 1. The van der Waals surface area contributed by atoms with Gasteiger partial charge in [-0.2, -0.15) is 0 Å². The quantitative estimate of drug-likeness (QED) is 0.614. The lowest BCUT2D eigenvalue weighted by Crippen LogP contribution is -2.62. The molecule has 0 aromatic rings. The first-order chi connectivity index (χ1) is 5.72. The van der Waals surface area contributed by atoms with Crippen LogP contribution in [0.25, 0.3) is 0 Å². The van der Waals surface area contributed by atoms with E-state index in [-0.39, 0.29) is 24.7 Å². The van der Waals surface area contributed by atoms with E-state index in [9.17, 15) is 9.18 Å². The number of alkyl halides is 1. The third kappa shape index (κ3) is 2.32. The molecule has 4 heteroatoms. The van der Waals surface area contributed by atoms with Gasteiger partial charge in [-0.15, -0.1) is 0 Å². The number of hydrogen-bond acceptors (Lipinski definition) is 1. The fourth-order valence-corrected chi connectivity index (χ4v) is 1.35. The molecule has 0 aliphatic carbocycles. The fraction of sp³-hybridized carbons (Fsp3) is 0.889. The molecule has 0 saturated carbocycles. The Balaban J connectivity index is 2.78. The molecule has 0 bridgehead atoms. The van der Waals surface area contributed by atoms with Gasteiger partial charge in [-0.05, 0) is 27.7 Å². The predicted molar refractivity (Wildman–Crippen MR) is 49.4 cm³/mol. The van der Waals surface area contributed by atoms with Crippen molar-refractivity contribution in [2.24, 2.45) is 0 Å². The maximum atomic E-state index is 13.6. The summed E-state index contributed by atoms with van der Waals surface area (Å²) in [7, 11) is 0. The Bertz CT molecular complexity index is 220. The van der Waals surface area contributed by atoms with Crippen LogP contribution in [-0.2, 0) is 0 Å². The van der Waals surface area contributed by atoms with Crippen LogP contribution in [-0.4, -0.2) is 35.2 Å². The average Bonchev–Trinajstić information content (AvgIpc) is 1.92. The summed E-state index contributed by atoms with van der Waals surface area (Å²) in [5, 5.41) is 2.54. The van der Waals surface area contributed by atoms with Crippen molar-refractivity contribution in [1.29, 1.82) is 0 Å². The molecule has 1 heterocycles. The van der Waals surface area contributed by atoms with E-state index in [1.54, 1.807) is 0 Å². The SMILES string of the molecule is CC1(F)CNC(=O)N(C(C)(C)C)C1. The molecule has 1 saturated heterocycles. The highest BCUT2D eigenvalue weighted by Crippen LogP contribution is 2.22. The second-order valence-electron chi connectivity index (χ2n) is 4.83. The van der Waals surface area contributed by atoms with Crippen LogP contribution >= 0.6 is 0 Å². The first-order valence-electron chi connectivity index (χ1n) is 4.47. The van der Waals surface area contributed by atoms with E-state index < -0.39 is 5.67 Å². The summed E-state index contributed by atoms with van der Waals surface area (Å²) >= 11 is 0. The number of nitrogens with zero attached hydrogens (tertiary/aromatic N) is 1. The average molecular weight is 188 g/mol. The van der Waals surface area contributed by atoms with Crippen molar-refractivity contribution in [2.75, 3.05) is 13.1 Å². The van der Waals surface area contributed by atoms with Crippen molar-refractivity contribution in [3.63, 3.8) is 0 Å². The summed E-state index contributed by atoms with van der Waals surface area (Å²) in [4.78, 5) is 12.9. The van der Waals surface area contributed by atoms with Gasteiger partial charge in [0, 0.05) is 5.54 Å². The van der Waals surface area contributed by atoms with Gasteiger partial charge < -0.3 is 10.2 Å². The first kappa shape index (κ1) is 10.3. The van der Waals surface area contributed by atoms with Gasteiger partial charge in [-0.25, -0.2) is 9.18 Å². The number of rotatable bonds is 0. The smallest absolute Gasteiger partial charge is 0.318 e. The molecule has 0 radical (unpaired) electrons. The monoisotopic (exact) mass is 188 g/mol. The Morgan fingerprint density at radius 1 is 1.54 bits per heavy atom. The van der Waals surface area contributed by atoms with Crippen molar-refractivity contribution in [3.8, 4) is 0 Å². The number of hydrogen-bond donors (Lipinski definition) is 1. The number of carbonyl (C=O) groups excluding carboxylic acids is 1. The second kappa shape index (κ2) is 2.86. The van der Waals surface area contributed by atoms with Crippen molar-refractivity contribution >= 4 is 6.03 Å². The van der Waals surface area contributed by atoms with E-state index in [4.69, 9.17) is 0 Å². The molecule has 0 aromatic heterocycles. The Morgan fingerprint density at radius 2 is 2.08 bits per heavy atom. The van der Waals surface area contributed by atoms with Crippen molar-refractivity contribution < 1.29 is 9.18 Å². The summed E-state index contributed by atoms with van der Waals surface area (Å²) in [6, 6.07) is -0.178. The topological polar surface area (TPSA) is 32.3 Å². The van der Waals surface area contributed by atoms with Gasteiger partial charge in [0.2, 0.25) is 0 Å². The van der Waals surface area contributed by atoms with E-state index in [0.717, 1.165) is 0 Å². The lowest BCUT2D eigenvalue weighted by atomic mass is 10.00. The molecule has 1 fully saturated rings. The van der Waals surface area contributed by atoms with Crippen LogP contribution in [0, 0.1) is 0 Å². The van der Waals surface area contributed by atoms with Crippen LogP contribution in [0.15, 0.2) is 0 Å². The van der Waals surface area contributed by atoms with Crippen molar-refractivity contribution in [2.45, 2.75) is 38.9 Å². The van der Waals surface area contributed by atoms with Crippen LogP contribution in [0.5, 0.6) is 0 Å². The molecule has 1 aliphatic heterocycles. The van der Waals surface area contributed by atoms with Gasteiger partial charge in [0.25, 0.3) is 0 Å². The minimum Gasteiger partial charge on any atom is -0.335 e. The summed E-state index contributed by atoms with van der Waals surface area (Å²) in [6.07, 6.45) is 0. The Morgan fingerprint density at radius 3 is 2.46 bits per heavy atom. The van der Waals surface area contributed by atoms with Crippen LogP contribution in [0.2, 0.25) is 0 Å². The molecule has 1 rings (SSSR count). The normalized spacial score (nSPS) is 30.2. The fourth-order valence-electron chi connectivity index (χ4n) is 1.35. The number of carbonyl (C=O) groups is 1. The van der Waals surface area contributed by atoms with Crippen LogP contribution in [0.3, 0.4) is 0 Å². The van der Waals surface area contributed by atoms with E-state index in [1.807, 2.05) is 20.8 Å². The molecular formula is C9H17FN2O. The molecule has 13 heavy (non-hydrogen) atoms. The third-order valence-corrected chi connectivity index (χ3v) is 2.15. The molecule has 1 atom stereocenters. The van der Waals surface area contributed by atoms with E-state index in [1.165, 1.54) is 11.8 Å². The molecule has 1 unspecified atom stereocenters. The van der Waals surface area contributed by atoms with E-state index in [0.29, 0.717) is 0 Å². The highest BCUT2D eigenvalue weighted by atomic mass is 19.1. The highest BCUT2D eigenvalue weighted by molar-refractivity contribution is 5.76. The van der Waals surface area contributed by atoms with Gasteiger partial charge in [-0.1, -0.05) is 0 Å². The van der Waals surface area contributed by atoms with Crippen LogP contribution in [0.1, 0.15) is 27.7 Å². The molecule has 0 spiro atoms. The van der Waals surface area contributed by atoms with Gasteiger partial charge in [0.05, 0.1) is 13.1 Å². The van der Waals surface area contributed by atoms with E-state index in [2.05, 4.69) is 5.32 Å². The van der Waals surface area contributed by atoms with E-state index >= 15 is 0 Å². The third-order valence-electron chi connectivity index (χ3n) is 2.15. The predicted octanol–water partition coefficient (Wildman–Crippen LogP) is 1.54. The van der Waals surface area contributed by atoms with Gasteiger partial charge in [0.1, 0.15) is 5.67 Å². The van der Waals surface area contributed by atoms with Gasteiger partial charge >= 0.3 is 6.03 Å². The van der Waals surface area contributed by atoms with Crippen LogP contribution < -0.4 is 5.32 Å². The minimum atomic E-state index is -1.32. The number of urea groups is 1. The Hall–Kier alpha value is -0.800. The van der Waals surface area contributed by atoms with Crippen molar-refractivity contribution in [1.82, 2.24) is 10.2 Å². The first-order valence-corrected chi connectivity index (χ1v) is 4.47. The highest BCUT2D eigenvalue weighted by Gasteiger charge is 2.39. The maximum absolute atomic E-state index is 13.6. The van der Waals surface area contributed by atoms with Crippen LogP contribution in [0.4, 0.5) is 9.18 Å². The summed E-state index contributed by atoms with van der Waals surface area (Å²) in [5.74, 6) is 0. The molecular weight excluding hydrogens is 171 g/mol. The Kier molecular flexibility index (Phi) is 2.26. The minimum absolute atomic E-state index is 0.110. The zero-order chi connectivity index (χ0) is 10.3. The lowest BCUT2D eigenvalue weighted by molar-refractivity contribution is 0.0499. The molecule has 1 aliphatic rings. The van der Waals surface area contributed by atoms with Gasteiger partial charge in [-0.3, -0.25) is 0 Å². The molecule has 1 N–H and O–H groups in total. The zero-order valence-corrected chi connectivity index (χ0v) is 8.65. The summed E-state index contributed by atoms with van der Waals surface area (Å²) in [6.45, 7) is 7.47. The molecule has 0 aromatic carbocycles. The molecule has 76 valence electrons. The van der Waals surface area contributed by atoms with Crippen molar-refractivity contribution in [3.05, 3.63) is 0 Å². The summed E-state index contributed by atoms with van der Waals surface area (Å²) < 4.78 is 13.6. The standard InChI is InChI=1S/C9H17FN2O/c1-8(2,3)12-6-9(4,10)5-11-7(12)13/h5-6H2,1-4H3,(H,11,13). The second-order valence-corrected chi connectivity index (χ2v) is 4.83. The summed E-state index contributed by atoms with van der Waals surface area (Å²) in [5.41, 5.74) is -1.64. The molecule has 3 nitrogen and oxygen atoms in total. The largest absolute Gasteiger partial charge is 0.335 e.